The molecule has 2 aromatic carbocycles. The topological polar surface area (TPSA) is 9.23 Å². The molecule has 0 amide bonds. The number of hydrogen-bond donors (Lipinski definition) is 0. The zero-order valence-corrected chi connectivity index (χ0v) is 17.3. The van der Waals surface area contributed by atoms with Crippen LogP contribution in [0.25, 0.3) is 0 Å². The van der Waals surface area contributed by atoms with Crippen LogP contribution < -0.4 is 4.74 Å². The summed E-state index contributed by atoms with van der Waals surface area (Å²) in [5.74, 6) is -1.64. The van der Waals surface area contributed by atoms with Gasteiger partial charge in [0, 0.05) is 50.1 Å². The van der Waals surface area contributed by atoms with Crippen LogP contribution in [0, 0.1) is 23.6 Å². The predicted molar refractivity (Wildman–Crippen MR) is 86.5 cm³/mol. The second-order valence-electron chi connectivity index (χ2n) is 6.71. The Hall–Kier alpha value is -0.936. The van der Waals surface area contributed by atoms with Crippen LogP contribution in [-0.4, -0.2) is 0 Å². The first kappa shape index (κ1) is 21.4. The van der Waals surface area contributed by atoms with Gasteiger partial charge in [-0.05, 0) is 42.4 Å². The minimum Gasteiger partial charge on any atom is -0.455 e. The first-order valence-corrected chi connectivity index (χ1v) is 8.39. The summed E-state index contributed by atoms with van der Waals surface area (Å²) in [4.78, 5) is 0. The van der Waals surface area contributed by atoms with Gasteiger partial charge in [-0.3, -0.25) is 0 Å². The Morgan fingerprint density at radius 3 is 2.04 bits per heavy atom. The molecule has 0 spiro atoms. The second-order valence-corrected chi connectivity index (χ2v) is 6.71. The molecule has 1 radical (unpaired) electrons. The van der Waals surface area contributed by atoms with Crippen LogP contribution in [0.5, 0.6) is 5.75 Å². The summed E-state index contributed by atoms with van der Waals surface area (Å²) >= 11 is 0. The molecule has 2 aromatic rings. The predicted octanol–water partition coefficient (Wildman–Crippen LogP) is 6.18. The molecule has 0 N–H and O–H groups in total. The van der Waals surface area contributed by atoms with Crippen molar-refractivity contribution < 1.29 is 55.0 Å². The number of alkyl halides is 2. The van der Waals surface area contributed by atoms with Crippen molar-refractivity contribution in [2.75, 3.05) is 0 Å². The standard InChI is InChI=1S/C20H19F4O.Y/c1-13-2-4-14(5-3-13)15-6-8-16(9-7-15)20(23,24)25-19-11-17(21)10-18(22)12-19;/h6-9,11-14H,2-5H2,1H3;/q-1;. The van der Waals surface area contributed by atoms with E-state index in [0.717, 1.165) is 37.2 Å². The molecule has 0 aliphatic heterocycles. The second kappa shape index (κ2) is 8.83. The molecule has 0 bridgehead atoms. The minimum atomic E-state index is -3.68. The fraction of sp³-hybridized carbons (Fsp3) is 0.400. The van der Waals surface area contributed by atoms with Crippen molar-refractivity contribution in [1.29, 1.82) is 0 Å². The molecule has 1 fully saturated rings. The normalized spacial score (nSPS) is 20.3. The third-order valence-corrected chi connectivity index (χ3v) is 4.76. The summed E-state index contributed by atoms with van der Waals surface area (Å²) in [5, 5.41) is 0. The van der Waals surface area contributed by atoms with Gasteiger partial charge in [0.2, 0.25) is 0 Å². The Balaban J connectivity index is 0.00000243. The van der Waals surface area contributed by atoms with Gasteiger partial charge in [0.1, 0.15) is 0 Å². The smallest absolute Gasteiger partial charge is 0.424 e. The number of hydrogen-bond acceptors (Lipinski definition) is 1. The molecule has 0 heterocycles. The van der Waals surface area contributed by atoms with Crippen molar-refractivity contribution >= 4 is 0 Å². The zero-order valence-electron chi connectivity index (χ0n) is 14.4. The molecule has 0 aromatic heterocycles. The van der Waals surface area contributed by atoms with E-state index in [-0.39, 0.29) is 38.3 Å². The van der Waals surface area contributed by atoms with Crippen LogP contribution in [-0.2, 0) is 38.8 Å². The van der Waals surface area contributed by atoms with Gasteiger partial charge in [-0.15, -0.1) is 6.07 Å². The summed E-state index contributed by atoms with van der Waals surface area (Å²) in [6.45, 7) is 2.23. The van der Waals surface area contributed by atoms with E-state index in [1.165, 1.54) is 12.1 Å². The first-order chi connectivity index (χ1) is 11.8. The largest absolute Gasteiger partial charge is 0.455 e. The third-order valence-electron chi connectivity index (χ3n) is 4.76. The fourth-order valence-corrected chi connectivity index (χ4v) is 3.29. The number of benzene rings is 2. The van der Waals surface area contributed by atoms with Crippen LogP contribution in [0.4, 0.5) is 17.6 Å². The summed E-state index contributed by atoms with van der Waals surface area (Å²) < 4.78 is 59.2. The van der Waals surface area contributed by atoms with Crippen LogP contribution in [0.2, 0.25) is 0 Å². The maximum Gasteiger partial charge on any atom is 0.424 e. The Labute approximate surface area is 176 Å². The Kier molecular flexibility index (Phi) is 7.26. The molecule has 26 heavy (non-hydrogen) atoms. The molecule has 137 valence electrons. The van der Waals surface area contributed by atoms with E-state index >= 15 is 0 Å². The van der Waals surface area contributed by atoms with Gasteiger partial charge in [-0.25, -0.2) is 8.78 Å². The van der Waals surface area contributed by atoms with Gasteiger partial charge < -0.3 is 4.74 Å². The van der Waals surface area contributed by atoms with E-state index in [2.05, 4.69) is 11.7 Å². The Bertz CT molecular complexity index is 705. The Morgan fingerprint density at radius 2 is 1.50 bits per heavy atom. The van der Waals surface area contributed by atoms with Gasteiger partial charge in [0.05, 0.1) is 5.56 Å². The van der Waals surface area contributed by atoms with Gasteiger partial charge in [-0.1, -0.05) is 44.0 Å². The number of halogens is 4. The average molecular weight is 440 g/mol. The van der Waals surface area contributed by atoms with Crippen molar-refractivity contribution in [3.8, 4) is 5.75 Å². The van der Waals surface area contributed by atoms with Crippen LogP contribution in [0.15, 0.2) is 36.4 Å². The van der Waals surface area contributed by atoms with Crippen molar-refractivity contribution in [1.82, 2.24) is 0 Å². The molecule has 0 saturated heterocycles. The van der Waals surface area contributed by atoms with Crippen LogP contribution in [0.3, 0.4) is 0 Å². The summed E-state index contributed by atoms with van der Waals surface area (Å²) in [7, 11) is 0. The number of ether oxygens (including phenoxy) is 1. The monoisotopic (exact) mass is 440 g/mol. The maximum atomic E-state index is 14.3. The molecular formula is C20H19F4OY-. The van der Waals surface area contributed by atoms with Crippen molar-refractivity contribution in [3.05, 3.63) is 65.2 Å². The van der Waals surface area contributed by atoms with Gasteiger partial charge in [0.15, 0.2) is 0 Å². The molecule has 1 nitrogen and oxygen atoms in total. The van der Waals surface area contributed by atoms with Crippen molar-refractivity contribution in [2.45, 2.75) is 44.6 Å². The van der Waals surface area contributed by atoms with E-state index in [4.69, 9.17) is 0 Å². The molecule has 3 rings (SSSR count). The Morgan fingerprint density at radius 1 is 0.962 bits per heavy atom. The van der Waals surface area contributed by atoms with E-state index in [1.54, 1.807) is 18.2 Å². The molecule has 1 aliphatic carbocycles. The maximum absolute atomic E-state index is 14.3. The van der Waals surface area contributed by atoms with Crippen molar-refractivity contribution in [3.63, 3.8) is 0 Å². The zero-order chi connectivity index (χ0) is 18.0. The van der Waals surface area contributed by atoms with E-state index < -0.39 is 23.5 Å². The third kappa shape index (κ3) is 5.29. The van der Waals surface area contributed by atoms with Crippen LogP contribution in [0.1, 0.15) is 49.7 Å². The summed E-state index contributed by atoms with van der Waals surface area (Å²) in [6, 6.07) is 9.08. The van der Waals surface area contributed by atoms with E-state index in [1.807, 2.05) is 0 Å². The van der Waals surface area contributed by atoms with E-state index in [9.17, 15) is 17.6 Å². The van der Waals surface area contributed by atoms with Gasteiger partial charge in [-0.2, -0.15) is 8.78 Å². The summed E-state index contributed by atoms with van der Waals surface area (Å²) in [6.07, 6.45) is 0.737. The molecule has 0 atom stereocenters. The molecule has 1 aliphatic rings. The average Bonchev–Trinajstić information content (AvgIpc) is 2.54. The van der Waals surface area contributed by atoms with Crippen LogP contribution >= 0.6 is 0 Å². The fourth-order valence-electron chi connectivity index (χ4n) is 3.29. The van der Waals surface area contributed by atoms with Crippen molar-refractivity contribution in [2.24, 2.45) is 5.92 Å². The van der Waals surface area contributed by atoms with Gasteiger partial charge in [0.25, 0.3) is 0 Å². The molecule has 0 unspecified atom stereocenters. The van der Waals surface area contributed by atoms with E-state index in [0.29, 0.717) is 18.1 Å². The molecule has 1 saturated carbocycles. The quantitative estimate of drug-likeness (QED) is 0.407. The minimum absolute atomic E-state index is 0. The number of rotatable bonds is 4. The summed E-state index contributed by atoms with van der Waals surface area (Å²) in [5.41, 5.74) is 0.687. The first-order valence-electron chi connectivity index (χ1n) is 8.39. The van der Waals surface area contributed by atoms with Gasteiger partial charge >= 0.3 is 6.11 Å². The SMILES string of the molecule is CC1CCC(c2ccc(C(F)(F)Oc3cc(F)[c-]c(F)c3)cc2)CC1.[Y]. The molecular weight excluding hydrogens is 421 g/mol. The molecule has 6 heteroatoms.